The van der Waals surface area contributed by atoms with Crippen LogP contribution in [0.15, 0.2) is 48.5 Å². The van der Waals surface area contributed by atoms with Crippen LogP contribution < -0.4 is 9.64 Å². The van der Waals surface area contributed by atoms with E-state index in [9.17, 15) is 0 Å². The minimum atomic E-state index is 0.290. The van der Waals surface area contributed by atoms with Crippen molar-refractivity contribution in [2.24, 2.45) is 0 Å². The highest BCUT2D eigenvalue weighted by molar-refractivity contribution is 5.93. The number of fused-ring (bicyclic) bond motifs is 1. The SMILES string of the molecule is COC1CCN(c2cc(C)nc3cc(OCc4ccc(C#N)cc4)ccc23)C1. The molecule has 1 saturated heterocycles. The monoisotopic (exact) mass is 373 g/mol. The largest absolute Gasteiger partial charge is 0.489 e. The van der Waals surface area contributed by atoms with Gasteiger partial charge in [0, 0.05) is 43.0 Å². The smallest absolute Gasteiger partial charge is 0.122 e. The molecule has 5 nitrogen and oxygen atoms in total. The molecule has 0 aliphatic carbocycles. The second-order valence-corrected chi connectivity index (χ2v) is 7.15. The van der Waals surface area contributed by atoms with Gasteiger partial charge in [-0.15, -0.1) is 0 Å². The number of rotatable bonds is 5. The highest BCUT2D eigenvalue weighted by atomic mass is 16.5. The third-order valence-corrected chi connectivity index (χ3v) is 5.20. The third-order valence-electron chi connectivity index (χ3n) is 5.20. The van der Waals surface area contributed by atoms with E-state index in [4.69, 9.17) is 19.7 Å². The van der Waals surface area contributed by atoms with Gasteiger partial charge in [-0.25, -0.2) is 0 Å². The molecule has 142 valence electrons. The third kappa shape index (κ3) is 3.78. The summed E-state index contributed by atoms with van der Waals surface area (Å²) in [6, 6.07) is 17.8. The number of hydrogen-bond donors (Lipinski definition) is 0. The zero-order chi connectivity index (χ0) is 19.5. The Kier molecular flexibility index (Phi) is 5.14. The van der Waals surface area contributed by atoms with Gasteiger partial charge in [0.15, 0.2) is 0 Å². The van der Waals surface area contributed by atoms with Crippen LogP contribution in [0.25, 0.3) is 10.9 Å². The first-order valence-electron chi connectivity index (χ1n) is 9.47. The molecule has 5 heteroatoms. The molecule has 1 aliphatic rings. The van der Waals surface area contributed by atoms with Crippen molar-refractivity contribution in [1.29, 1.82) is 5.26 Å². The summed E-state index contributed by atoms with van der Waals surface area (Å²) in [5, 5.41) is 10.0. The summed E-state index contributed by atoms with van der Waals surface area (Å²) in [4.78, 5) is 7.09. The van der Waals surface area contributed by atoms with E-state index in [2.05, 4.69) is 23.1 Å². The second kappa shape index (κ2) is 7.87. The molecule has 2 heterocycles. The Morgan fingerprint density at radius 1 is 1.18 bits per heavy atom. The van der Waals surface area contributed by atoms with Crippen molar-refractivity contribution >= 4 is 16.6 Å². The van der Waals surface area contributed by atoms with Gasteiger partial charge < -0.3 is 14.4 Å². The van der Waals surface area contributed by atoms with E-state index in [1.165, 1.54) is 5.69 Å². The minimum Gasteiger partial charge on any atom is -0.489 e. The number of aromatic nitrogens is 1. The van der Waals surface area contributed by atoms with Crippen LogP contribution in [-0.2, 0) is 11.3 Å². The molecule has 1 aromatic heterocycles. The van der Waals surface area contributed by atoms with Crippen molar-refractivity contribution in [1.82, 2.24) is 4.98 Å². The summed E-state index contributed by atoms with van der Waals surface area (Å²) < 4.78 is 11.5. The molecule has 1 aliphatic heterocycles. The molecule has 0 saturated carbocycles. The quantitative estimate of drug-likeness (QED) is 0.670. The van der Waals surface area contributed by atoms with Crippen LogP contribution in [0.3, 0.4) is 0 Å². The Labute approximate surface area is 165 Å². The topological polar surface area (TPSA) is 58.4 Å². The van der Waals surface area contributed by atoms with Crippen LogP contribution in [0, 0.1) is 18.3 Å². The first kappa shape index (κ1) is 18.3. The van der Waals surface area contributed by atoms with Gasteiger partial charge in [-0.3, -0.25) is 4.98 Å². The molecule has 4 rings (SSSR count). The normalized spacial score (nSPS) is 16.3. The van der Waals surface area contributed by atoms with E-state index in [0.29, 0.717) is 18.3 Å². The van der Waals surface area contributed by atoms with E-state index in [1.807, 2.05) is 31.2 Å². The van der Waals surface area contributed by atoms with E-state index < -0.39 is 0 Å². The molecule has 3 aromatic rings. The van der Waals surface area contributed by atoms with Crippen LogP contribution in [-0.4, -0.2) is 31.3 Å². The first-order chi connectivity index (χ1) is 13.7. The number of hydrogen-bond acceptors (Lipinski definition) is 5. The summed E-state index contributed by atoms with van der Waals surface area (Å²) in [7, 11) is 1.78. The molecule has 1 unspecified atom stereocenters. The summed E-state index contributed by atoms with van der Waals surface area (Å²) >= 11 is 0. The van der Waals surface area contributed by atoms with Gasteiger partial charge in [0.25, 0.3) is 0 Å². The first-order valence-corrected chi connectivity index (χ1v) is 9.47. The number of ether oxygens (including phenoxy) is 2. The number of anilines is 1. The lowest BCUT2D eigenvalue weighted by Gasteiger charge is -2.21. The van der Waals surface area contributed by atoms with Gasteiger partial charge in [0.05, 0.1) is 23.3 Å². The van der Waals surface area contributed by atoms with E-state index in [-0.39, 0.29) is 0 Å². The Morgan fingerprint density at radius 3 is 2.71 bits per heavy atom. The molecule has 0 bridgehead atoms. The highest BCUT2D eigenvalue weighted by Crippen LogP contribution is 2.32. The Bertz CT molecular complexity index is 1020. The number of aryl methyl sites for hydroxylation is 1. The van der Waals surface area contributed by atoms with Gasteiger partial charge in [-0.2, -0.15) is 5.26 Å². The van der Waals surface area contributed by atoms with Crippen molar-refractivity contribution < 1.29 is 9.47 Å². The molecule has 1 fully saturated rings. The van der Waals surface area contributed by atoms with E-state index >= 15 is 0 Å². The van der Waals surface area contributed by atoms with Crippen LogP contribution >= 0.6 is 0 Å². The lowest BCUT2D eigenvalue weighted by molar-refractivity contribution is 0.121. The molecule has 0 spiro atoms. The number of benzene rings is 2. The van der Waals surface area contributed by atoms with E-state index in [1.54, 1.807) is 19.2 Å². The van der Waals surface area contributed by atoms with Crippen molar-refractivity contribution in [2.45, 2.75) is 26.1 Å². The van der Waals surface area contributed by atoms with Crippen LogP contribution in [0.5, 0.6) is 5.75 Å². The average Bonchev–Trinajstić information content (AvgIpc) is 3.21. The fourth-order valence-corrected chi connectivity index (χ4v) is 3.65. The number of pyridine rings is 1. The van der Waals surface area contributed by atoms with Gasteiger partial charge in [-0.05, 0) is 49.2 Å². The lowest BCUT2D eigenvalue weighted by atomic mass is 10.1. The second-order valence-electron chi connectivity index (χ2n) is 7.15. The van der Waals surface area contributed by atoms with Crippen molar-refractivity contribution in [3.63, 3.8) is 0 Å². The van der Waals surface area contributed by atoms with Crippen LogP contribution in [0.1, 0.15) is 23.2 Å². The average molecular weight is 373 g/mol. The molecule has 1 atom stereocenters. The predicted octanol–water partition coefficient (Wildman–Crippen LogP) is 4.22. The minimum absolute atomic E-state index is 0.290. The fourth-order valence-electron chi connectivity index (χ4n) is 3.65. The van der Waals surface area contributed by atoms with Gasteiger partial charge in [0.2, 0.25) is 0 Å². The summed E-state index contributed by atoms with van der Waals surface area (Å²) in [6.07, 6.45) is 1.34. The fraction of sp³-hybridized carbons (Fsp3) is 0.304. The molecule has 0 N–H and O–H groups in total. The molecule has 28 heavy (non-hydrogen) atoms. The predicted molar refractivity (Wildman–Crippen MR) is 110 cm³/mol. The van der Waals surface area contributed by atoms with Crippen LogP contribution in [0.2, 0.25) is 0 Å². The number of nitrogens with zero attached hydrogens (tertiary/aromatic N) is 3. The summed E-state index contributed by atoms with van der Waals surface area (Å²) in [5.41, 5.74) is 4.82. The van der Waals surface area contributed by atoms with Gasteiger partial charge in [0.1, 0.15) is 12.4 Å². The zero-order valence-electron chi connectivity index (χ0n) is 16.2. The summed E-state index contributed by atoms with van der Waals surface area (Å²) in [5.74, 6) is 0.789. The Balaban J connectivity index is 1.56. The summed E-state index contributed by atoms with van der Waals surface area (Å²) in [6.45, 7) is 4.38. The molecular weight excluding hydrogens is 350 g/mol. The Morgan fingerprint density at radius 2 is 2.00 bits per heavy atom. The molecule has 0 amide bonds. The maximum absolute atomic E-state index is 8.89. The van der Waals surface area contributed by atoms with Crippen LogP contribution in [0.4, 0.5) is 5.69 Å². The van der Waals surface area contributed by atoms with Crippen molar-refractivity contribution in [3.05, 3.63) is 65.4 Å². The van der Waals surface area contributed by atoms with E-state index in [0.717, 1.165) is 47.4 Å². The maximum atomic E-state index is 8.89. The number of methoxy groups -OCH3 is 1. The van der Waals surface area contributed by atoms with Gasteiger partial charge >= 0.3 is 0 Å². The molecular formula is C23H23N3O2. The van der Waals surface area contributed by atoms with Crippen molar-refractivity contribution in [2.75, 3.05) is 25.1 Å². The molecule has 0 radical (unpaired) electrons. The molecule has 2 aromatic carbocycles. The highest BCUT2D eigenvalue weighted by Gasteiger charge is 2.24. The number of nitriles is 1. The standard InChI is InChI=1S/C23H23N3O2/c1-16-11-23(26-10-9-20(14-26)27-2)21-8-7-19(12-22(21)25-16)28-15-18-5-3-17(13-24)4-6-18/h3-8,11-12,20H,9-10,14-15H2,1-2H3. The lowest BCUT2D eigenvalue weighted by Crippen LogP contribution is -2.22. The Hall–Kier alpha value is -3.10. The van der Waals surface area contributed by atoms with Crippen molar-refractivity contribution in [3.8, 4) is 11.8 Å². The maximum Gasteiger partial charge on any atom is 0.122 e. The van der Waals surface area contributed by atoms with Gasteiger partial charge in [-0.1, -0.05) is 12.1 Å². The zero-order valence-corrected chi connectivity index (χ0v) is 16.2.